The molecule has 1 aliphatic rings. The molecule has 0 bridgehead atoms. The molecule has 1 aromatic rings. The Morgan fingerprint density at radius 1 is 1.14 bits per heavy atom. The summed E-state index contributed by atoms with van der Waals surface area (Å²) in [6.07, 6.45) is 0. The highest BCUT2D eigenvalue weighted by Crippen LogP contribution is 2.14. The molecule has 5 nitrogen and oxygen atoms in total. The van der Waals surface area contributed by atoms with Crippen molar-refractivity contribution in [3.05, 3.63) is 29.8 Å². The normalized spacial score (nSPS) is 16.5. The van der Waals surface area contributed by atoms with Gasteiger partial charge in [-0.15, -0.1) is 0 Å². The number of piperazine rings is 1. The Hall–Kier alpha value is -1.75. The third-order valence-corrected chi connectivity index (χ3v) is 3.71. The van der Waals surface area contributed by atoms with E-state index in [1.165, 1.54) is 5.56 Å². The van der Waals surface area contributed by atoms with Crippen LogP contribution in [0.2, 0.25) is 0 Å². The van der Waals surface area contributed by atoms with Crippen LogP contribution in [0.4, 0.5) is 4.79 Å². The first kappa shape index (κ1) is 16.6. The van der Waals surface area contributed by atoms with Crippen LogP contribution in [-0.4, -0.2) is 54.7 Å². The monoisotopic (exact) mass is 305 g/mol. The highest BCUT2D eigenvalue weighted by molar-refractivity contribution is 5.75. The molecule has 1 saturated heterocycles. The molecule has 1 N–H and O–H groups in total. The molecule has 0 atom stereocenters. The molecule has 5 heteroatoms. The van der Waals surface area contributed by atoms with Crippen LogP contribution in [0.15, 0.2) is 24.3 Å². The van der Waals surface area contributed by atoms with E-state index in [2.05, 4.69) is 22.3 Å². The van der Waals surface area contributed by atoms with Gasteiger partial charge in [-0.3, -0.25) is 4.90 Å². The van der Waals surface area contributed by atoms with Gasteiger partial charge in [-0.1, -0.05) is 12.1 Å². The van der Waals surface area contributed by atoms with E-state index in [9.17, 15) is 4.79 Å². The minimum absolute atomic E-state index is 0.0385. The molecule has 2 amide bonds. The summed E-state index contributed by atoms with van der Waals surface area (Å²) >= 11 is 0. The zero-order chi connectivity index (χ0) is 16.2. The summed E-state index contributed by atoms with van der Waals surface area (Å²) in [7, 11) is 1.68. The van der Waals surface area contributed by atoms with Crippen LogP contribution in [0.1, 0.15) is 26.3 Å². The minimum atomic E-state index is -0.183. The molecule has 1 fully saturated rings. The molecule has 22 heavy (non-hydrogen) atoms. The van der Waals surface area contributed by atoms with Crippen LogP contribution < -0.4 is 10.1 Å². The van der Waals surface area contributed by atoms with Gasteiger partial charge in [0.05, 0.1) is 7.11 Å². The lowest BCUT2D eigenvalue weighted by atomic mass is 10.1. The van der Waals surface area contributed by atoms with Crippen molar-refractivity contribution in [1.29, 1.82) is 0 Å². The Balaban J connectivity index is 1.80. The van der Waals surface area contributed by atoms with Gasteiger partial charge in [-0.25, -0.2) is 4.79 Å². The van der Waals surface area contributed by atoms with Gasteiger partial charge in [0.2, 0.25) is 0 Å². The molecule has 0 aliphatic carbocycles. The number of rotatable bonds is 3. The number of nitrogens with zero attached hydrogens (tertiary/aromatic N) is 2. The van der Waals surface area contributed by atoms with Gasteiger partial charge >= 0.3 is 6.03 Å². The number of benzene rings is 1. The number of hydrogen-bond donors (Lipinski definition) is 1. The van der Waals surface area contributed by atoms with Crippen molar-refractivity contribution >= 4 is 6.03 Å². The second-order valence-electron chi connectivity index (χ2n) is 6.79. The van der Waals surface area contributed by atoms with Gasteiger partial charge in [0.1, 0.15) is 5.75 Å². The summed E-state index contributed by atoms with van der Waals surface area (Å²) in [5.74, 6) is 0.882. The lowest BCUT2D eigenvalue weighted by Gasteiger charge is -2.36. The van der Waals surface area contributed by atoms with E-state index in [1.807, 2.05) is 37.8 Å². The summed E-state index contributed by atoms with van der Waals surface area (Å²) in [6, 6.07) is 8.20. The van der Waals surface area contributed by atoms with Crippen molar-refractivity contribution in [2.75, 3.05) is 33.3 Å². The highest BCUT2D eigenvalue weighted by atomic mass is 16.5. The summed E-state index contributed by atoms with van der Waals surface area (Å²) < 4.78 is 5.17. The SMILES string of the molecule is COc1ccc(CN2CCN(C(=O)NC(C)(C)C)CC2)cc1. The maximum absolute atomic E-state index is 12.1. The number of carbonyl (C=O) groups excluding carboxylic acids is 1. The molecule has 2 rings (SSSR count). The third-order valence-electron chi connectivity index (χ3n) is 3.71. The van der Waals surface area contributed by atoms with E-state index in [-0.39, 0.29) is 11.6 Å². The van der Waals surface area contributed by atoms with Gasteiger partial charge in [0, 0.05) is 38.3 Å². The number of nitrogens with one attached hydrogen (secondary N) is 1. The Bertz CT molecular complexity index is 486. The summed E-state index contributed by atoms with van der Waals surface area (Å²) in [4.78, 5) is 16.4. The van der Waals surface area contributed by atoms with Gasteiger partial charge in [0.15, 0.2) is 0 Å². The topological polar surface area (TPSA) is 44.8 Å². The zero-order valence-corrected chi connectivity index (χ0v) is 14.1. The van der Waals surface area contributed by atoms with Crippen molar-refractivity contribution in [1.82, 2.24) is 15.1 Å². The Kier molecular flexibility index (Phi) is 5.29. The fourth-order valence-corrected chi connectivity index (χ4v) is 2.50. The molecule has 0 aromatic heterocycles. The average molecular weight is 305 g/mol. The van der Waals surface area contributed by atoms with E-state index in [4.69, 9.17) is 4.74 Å². The van der Waals surface area contributed by atoms with Crippen LogP contribution >= 0.6 is 0 Å². The van der Waals surface area contributed by atoms with Crippen molar-refractivity contribution < 1.29 is 9.53 Å². The van der Waals surface area contributed by atoms with Crippen molar-refractivity contribution in [3.8, 4) is 5.75 Å². The van der Waals surface area contributed by atoms with Crippen molar-refractivity contribution in [2.45, 2.75) is 32.9 Å². The van der Waals surface area contributed by atoms with Gasteiger partial charge < -0.3 is 15.0 Å². The average Bonchev–Trinajstić information content (AvgIpc) is 2.47. The van der Waals surface area contributed by atoms with E-state index in [1.54, 1.807) is 7.11 Å². The smallest absolute Gasteiger partial charge is 0.317 e. The number of methoxy groups -OCH3 is 1. The van der Waals surface area contributed by atoms with Crippen LogP contribution in [0.5, 0.6) is 5.75 Å². The molecule has 0 saturated carbocycles. The Labute approximate surface area is 133 Å². The zero-order valence-electron chi connectivity index (χ0n) is 14.1. The first-order chi connectivity index (χ1) is 10.4. The van der Waals surface area contributed by atoms with Gasteiger partial charge in [0.25, 0.3) is 0 Å². The highest BCUT2D eigenvalue weighted by Gasteiger charge is 2.23. The van der Waals surface area contributed by atoms with Crippen LogP contribution in [0, 0.1) is 0 Å². The fourth-order valence-electron chi connectivity index (χ4n) is 2.50. The van der Waals surface area contributed by atoms with Crippen molar-refractivity contribution in [3.63, 3.8) is 0 Å². The quantitative estimate of drug-likeness (QED) is 0.932. The minimum Gasteiger partial charge on any atom is -0.497 e. The molecule has 0 unspecified atom stereocenters. The number of amides is 2. The lowest BCUT2D eigenvalue weighted by Crippen LogP contribution is -2.54. The number of carbonyl (C=O) groups is 1. The second kappa shape index (κ2) is 7.01. The van der Waals surface area contributed by atoms with Gasteiger partial charge in [-0.2, -0.15) is 0 Å². The van der Waals surface area contributed by atoms with E-state index < -0.39 is 0 Å². The summed E-state index contributed by atoms with van der Waals surface area (Å²) in [5.41, 5.74) is 1.09. The maximum Gasteiger partial charge on any atom is 0.317 e. The number of urea groups is 1. The summed E-state index contributed by atoms with van der Waals surface area (Å²) in [6.45, 7) is 10.3. The predicted octanol–water partition coefficient (Wildman–Crippen LogP) is 2.32. The van der Waals surface area contributed by atoms with Crippen LogP contribution in [0.25, 0.3) is 0 Å². The second-order valence-corrected chi connectivity index (χ2v) is 6.79. The van der Waals surface area contributed by atoms with E-state index in [0.717, 1.165) is 38.5 Å². The fraction of sp³-hybridized carbons (Fsp3) is 0.588. The first-order valence-electron chi connectivity index (χ1n) is 7.80. The largest absolute Gasteiger partial charge is 0.497 e. The predicted molar refractivity (Wildman–Crippen MR) is 88.1 cm³/mol. The molecular weight excluding hydrogens is 278 g/mol. The van der Waals surface area contributed by atoms with Gasteiger partial charge in [-0.05, 0) is 38.5 Å². The molecule has 1 aromatic carbocycles. The molecular formula is C17H27N3O2. The molecule has 122 valence electrons. The number of hydrogen-bond acceptors (Lipinski definition) is 3. The molecule has 0 spiro atoms. The van der Waals surface area contributed by atoms with Crippen molar-refractivity contribution in [2.24, 2.45) is 0 Å². The van der Waals surface area contributed by atoms with E-state index in [0.29, 0.717) is 0 Å². The molecule has 1 heterocycles. The Morgan fingerprint density at radius 2 is 1.73 bits per heavy atom. The number of ether oxygens (including phenoxy) is 1. The van der Waals surface area contributed by atoms with Crippen LogP contribution in [0.3, 0.4) is 0 Å². The van der Waals surface area contributed by atoms with Crippen LogP contribution in [-0.2, 0) is 6.54 Å². The summed E-state index contributed by atoms with van der Waals surface area (Å²) in [5, 5.41) is 3.02. The lowest BCUT2D eigenvalue weighted by molar-refractivity contribution is 0.131. The van der Waals surface area contributed by atoms with E-state index >= 15 is 0 Å². The maximum atomic E-state index is 12.1. The standard InChI is InChI=1S/C17H27N3O2/c1-17(2,3)18-16(21)20-11-9-19(10-12-20)13-14-5-7-15(22-4)8-6-14/h5-8H,9-13H2,1-4H3,(H,18,21). The molecule has 1 aliphatic heterocycles. The first-order valence-corrected chi connectivity index (χ1v) is 7.80. The Morgan fingerprint density at radius 3 is 2.23 bits per heavy atom. The third kappa shape index (κ3) is 4.91. The molecule has 0 radical (unpaired) electrons.